The molecule has 4 aromatic rings. The first-order valence-corrected chi connectivity index (χ1v) is 9.52. The molecule has 2 aromatic heterocycles. The maximum absolute atomic E-state index is 11.9. The van der Waals surface area contributed by atoms with Crippen LogP contribution in [-0.2, 0) is 12.2 Å². The summed E-state index contributed by atoms with van der Waals surface area (Å²) in [6.07, 6.45) is 0.689. The summed E-state index contributed by atoms with van der Waals surface area (Å²) in [5.41, 5.74) is 2.54. The van der Waals surface area contributed by atoms with Gasteiger partial charge in [-0.05, 0) is 23.6 Å². The van der Waals surface area contributed by atoms with E-state index in [1.54, 1.807) is 0 Å². The third kappa shape index (κ3) is 3.59. The molecule has 0 unspecified atom stereocenters. The van der Waals surface area contributed by atoms with Crippen LogP contribution in [0.3, 0.4) is 0 Å². The van der Waals surface area contributed by atoms with Crippen LogP contribution >= 0.6 is 11.8 Å². The second kappa shape index (κ2) is 7.28. The van der Waals surface area contributed by atoms with Crippen LogP contribution < -0.4 is 5.63 Å². The molecule has 2 aromatic carbocycles. The van der Waals surface area contributed by atoms with Crippen molar-refractivity contribution in [2.75, 3.05) is 0 Å². The van der Waals surface area contributed by atoms with Crippen molar-refractivity contribution in [2.24, 2.45) is 0 Å². The van der Waals surface area contributed by atoms with E-state index < -0.39 is 5.63 Å². The Kier molecular flexibility index (Phi) is 4.68. The average Bonchev–Trinajstić information content (AvgIpc) is 3.15. The number of nitrogens with one attached hydrogen (secondary N) is 1. The van der Waals surface area contributed by atoms with Gasteiger partial charge in [0.05, 0.1) is 0 Å². The summed E-state index contributed by atoms with van der Waals surface area (Å²) in [6.45, 7) is 1.97. The third-order valence-electron chi connectivity index (χ3n) is 4.28. The highest BCUT2D eigenvalue weighted by atomic mass is 32.2. The van der Waals surface area contributed by atoms with E-state index in [1.165, 1.54) is 23.9 Å². The van der Waals surface area contributed by atoms with E-state index >= 15 is 0 Å². The molecule has 4 rings (SSSR count). The number of aromatic amines is 1. The van der Waals surface area contributed by atoms with Crippen molar-refractivity contribution in [1.82, 2.24) is 15.2 Å². The van der Waals surface area contributed by atoms with Crippen LogP contribution in [0.25, 0.3) is 22.4 Å². The Morgan fingerprint density at radius 1 is 1.15 bits per heavy atom. The summed E-state index contributed by atoms with van der Waals surface area (Å²) in [6, 6.07) is 14.6. The molecule has 0 radical (unpaired) electrons. The molecular weight excluding hydrogens is 362 g/mol. The minimum Gasteiger partial charge on any atom is -0.508 e. The van der Waals surface area contributed by atoms with Crippen molar-refractivity contribution in [3.8, 4) is 17.1 Å². The number of rotatable bonds is 5. The van der Waals surface area contributed by atoms with Gasteiger partial charge in [0, 0.05) is 28.8 Å². The number of phenols is 1. The van der Waals surface area contributed by atoms with E-state index in [-0.39, 0.29) is 5.75 Å². The number of fused-ring (bicyclic) bond motifs is 1. The van der Waals surface area contributed by atoms with Crippen molar-refractivity contribution >= 4 is 22.7 Å². The molecule has 0 fully saturated rings. The van der Waals surface area contributed by atoms with Gasteiger partial charge in [0.15, 0.2) is 5.82 Å². The van der Waals surface area contributed by atoms with Gasteiger partial charge in [-0.3, -0.25) is 5.10 Å². The number of H-pyrrole nitrogens is 1. The Morgan fingerprint density at radius 3 is 2.74 bits per heavy atom. The molecule has 6 nitrogen and oxygen atoms in total. The van der Waals surface area contributed by atoms with Crippen LogP contribution in [0.1, 0.15) is 18.1 Å². The Labute approximate surface area is 159 Å². The number of aryl methyl sites for hydroxylation is 1. The lowest BCUT2D eigenvalue weighted by molar-refractivity contribution is 0.466. The molecule has 0 atom stereocenters. The molecule has 7 heteroatoms. The lowest BCUT2D eigenvalue weighted by Gasteiger charge is -2.07. The lowest BCUT2D eigenvalue weighted by Crippen LogP contribution is -2.00. The summed E-state index contributed by atoms with van der Waals surface area (Å²) in [4.78, 5) is 16.4. The van der Waals surface area contributed by atoms with Gasteiger partial charge in [-0.25, -0.2) is 9.78 Å². The smallest absolute Gasteiger partial charge is 0.336 e. The van der Waals surface area contributed by atoms with Crippen LogP contribution in [0.2, 0.25) is 0 Å². The van der Waals surface area contributed by atoms with Crippen LogP contribution in [-0.4, -0.2) is 20.3 Å². The van der Waals surface area contributed by atoms with Gasteiger partial charge in [-0.1, -0.05) is 49.0 Å². The highest BCUT2D eigenvalue weighted by molar-refractivity contribution is 7.98. The van der Waals surface area contributed by atoms with Crippen molar-refractivity contribution < 1.29 is 9.52 Å². The molecule has 0 amide bonds. The monoisotopic (exact) mass is 379 g/mol. The van der Waals surface area contributed by atoms with Gasteiger partial charge in [0.25, 0.3) is 0 Å². The molecule has 0 aliphatic carbocycles. The fraction of sp³-hybridized carbons (Fsp3) is 0.150. The molecule has 0 bridgehead atoms. The first-order valence-electron chi connectivity index (χ1n) is 8.53. The Hall–Kier alpha value is -3.06. The predicted molar refractivity (Wildman–Crippen MR) is 105 cm³/mol. The maximum Gasteiger partial charge on any atom is 0.336 e. The molecule has 2 heterocycles. The molecule has 0 aliphatic heterocycles. The summed E-state index contributed by atoms with van der Waals surface area (Å²) in [5.74, 6) is 1.36. The third-order valence-corrected chi connectivity index (χ3v) is 5.18. The van der Waals surface area contributed by atoms with E-state index in [2.05, 4.69) is 15.2 Å². The number of nitrogens with zero attached hydrogens (tertiary/aromatic N) is 2. The fourth-order valence-electron chi connectivity index (χ4n) is 2.89. The Bertz CT molecular complexity index is 1150. The van der Waals surface area contributed by atoms with Gasteiger partial charge < -0.3 is 9.52 Å². The average molecular weight is 379 g/mol. The number of benzene rings is 2. The van der Waals surface area contributed by atoms with Crippen LogP contribution in [0, 0.1) is 0 Å². The zero-order chi connectivity index (χ0) is 18.8. The minimum atomic E-state index is -0.443. The molecule has 0 aliphatic rings. The normalized spacial score (nSPS) is 11.1. The van der Waals surface area contributed by atoms with Gasteiger partial charge in [-0.15, -0.1) is 5.10 Å². The van der Waals surface area contributed by atoms with Gasteiger partial charge >= 0.3 is 5.63 Å². The number of aromatic hydroxyl groups is 1. The maximum atomic E-state index is 11.9. The predicted octanol–water partition coefficient (Wildman–Crippen LogP) is 4.14. The second-order valence-electron chi connectivity index (χ2n) is 6.04. The summed E-state index contributed by atoms with van der Waals surface area (Å²) < 4.78 is 5.23. The lowest BCUT2D eigenvalue weighted by atomic mass is 10.1. The summed E-state index contributed by atoms with van der Waals surface area (Å²) in [5, 5.41) is 18.6. The first kappa shape index (κ1) is 17.4. The number of phenolic OH excluding ortho intramolecular Hbond substituents is 1. The first-order chi connectivity index (χ1) is 13.1. The van der Waals surface area contributed by atoms with E-state index in [0.717, 1.165) is 22.1 Å². The van der Waals surface area contributed by atoms with E-state index in [0.29, 0.717) is 28.7 Å². The minimum absolute atomic E-state index is 0.138. The van der Waals surface area contributed by atoms with E-state index in [1.807, 2.05) is 43.3 Å². The van der Waals surface area contributed by atoms with Crippen molar-refractivity contribution in [3.05, 3.63) is 70.1 Å². The number of thioether (sulfide) groups is 1. The largest absolute Gasteiger partial charge is 0.508 e. The molecule has 2 N–H and O–H groups in total. The van der Waals surface area contributed by atoms with Crippen molar-refractivity contribution in [3.63, 3.8) is 0 Å². The quantitative estimate of drug-likeness (QED) is 0.400. The standard InChI is InChI=1S/C20H17N3O3S/c1-2-12-8-15-14(9-18(25)26-17(15)10-16(12)24)11-27-20-21-19(22-23-20)13-6-4-3-5-7-13/h3-10,24H,2,11H2,1H3,(H,21,22,23). The summed E-state index contributed by atoms with van der Waals surface area (Å²) in [7, 11) is 0. The van der Waals surface area contributed by atoms with Gasteiger partial charge in [-0.2, -0.15) is 0 Å². The molecule has 0 saturated heterocycles. The van der Waals surface area contributed by atoms with Crippen LogP contribution in [0.15, 0.2) is 62.9 Å². The molecule has 136 valence electrons. The number of hydrogen-bond donors (Lipinski definition) is 2. The molecule has 0 spiro atoms. The van der Waals surface area contributed by atoms with Gasteiger partial charge in [0.1, 0.15) is 11.3 Å². The van der Waals surface area contributed by atoms with E-state index in [9.17, 15) is 9.90 Å². The van der Waals surface area contributed by atoms with Crippen LogP contribution in [0.4, 0.5) is 0 Å². The topological polar surface area (TPSA) is 92.0 Å². The van der Waals surface area contributed by atoms with Gasteiger partial charge in [0.2, 0.25) is 5.16 Å². The fourth-order valence-corrected chi connectivity index (χ4v) is 3.68. The SMILES string of the molecule is CCc1cc2c(CSc3n[nH]c(-c4ccccc4)n3)cc(=O)oc2cc1O. The second-order valence-corrected chi connectivity index (χ2v) is 6.99. The number of hydrogen-bond acceptors (Lipinski definition) is 6. The molecule has 0 saturated carbocycles. The van der Waals surface area contributed by atoms with E-state index in [4.69, 9.17) is 4.42 Å². The van der Waals surface area contributed by atoms with Crippen molar-refractivity contribution in [2.45, 2.75) is 24.3 Å². The number of aromatic nitrogens is 3. The molecule has 27 heavy (non-hydrogen) atoms. The zero-order valence-corrected chi connectivity index (χ0v) is 15.4. The van der Waals surface area contributed by atoms with Crippen molar-refractivity contribution in [1.29, 1.82) is 0 Å². The Balaban J connectivity index is 1.62. The zero-order valence-electron chi connectivity index (χ0n) is 14.6. The highest BCUT2D eigenvalue weighted by Gasteiger charge is 2.12. The Morgan fingerprint density at radius 2 is 1.96 bits per heavy atom. The highest BCUT2D eigenvalue weighted by Crippen LogP contribution is 2.30. The molecular formula is C20H17N3O3S. The summed E-state index contributed by atoms with van der Waals surface area (Å²) >= 11 is 1.43. The van der Waals surface area contributed by atoms with Crippen LogP contribution in [0.5, 0.6) is 5.75 Å².